The fourth-order valence-corrected chi connectivity index (χ4v) is 1.52. The highest BCUT2D eigenvalue weighted by Gasteiger charge is 2.12. The highest BCUT2D eigenvalue weighted by atomic mass is 79.9. The third-order valence-electron chi connectivity index (χ3n) is 1.93. The first kappa shape index (κ1) is 13.0. The van der Waals surface area contributed by atoms with Crippen LogP contribution in [0.4, 0.5) is 0 Å². The van der Waals surface area contributed by atoms with Crippen LogP contribution in [0.1, 0.15) is 26.0 Å². The van der Waals surface area contributed by atoms with Gasteiger partial charge < -0.3 is 9.52 Å². The molecule has 1 aromatic rings. The third-order valence-corrected chi connectivity index (χ3v) is 2.66. The molecule has 0 radical (unpaired) electrons. The average molecular weight is 289 g/mol. The number of carbonyl (C=O) groups excluding carboxylic acids is 1. The van der Waals surface area contributed by atoms with E-state index in [-0.39, 0.29) is 34.1 Å². The van der Waals surface area contributed by atoms with E-state index in [0.717, 1.165) is 0 Å². The Hall–Kier alpha value is -1.10. The molecule has 1 rings (SSSR count). The number of ketones is 1. The molecule has 1 aromatic heterocycles. The molecule has 0 fully saturated rings. The van der Waals surface area contributed by atoms with Crippen molar-refractivity contribution in [1.29, 1.82) is 0 Å². The maximum absolute atomic E-state index is 11.5. The van der Waals surface area contributed by atoms with Gasteiger partial charge in [0.15, 0.2) is 0 Å². The molecule has 4 nitrogen and oxygen atoms in total. The Bertz CT molecular complexity index is 448. The third kappa shape index (κ3) is 3.48. The van der Waals surface area contributed by atoms with Gasteiger partial charge in [-0.25, -0.2) is 4.79 Å². The first-order valence-electron chi connectivity index (χ1n) is 4.93. The van der Waals surface area contributed by atoms with Crippen molar-refractivity contribution in [2.45, 2.75) is 26.7 Å². The lowest BCUT2D eigenvalue weighted by Crippen LogP contribution is -2.09. The quantitative estimate of drug-likeness (QED) is 0.923. The number of hydrogen-bond acceptors (Lipinski definition) is 4. The fourth-order valence-electron chi connectivity index (χ4n) is 1.32. The van der Waals surface area contributed by atoms with Gasteiger partial charge in [0.1, 0.15) is 21.8 Å². The largest absolute Gasteiger partial charge is 0.506 e. The fraction of sp³-hybridized carbons (Fsp3) is 0.455. The number of halogens is 1. The molecule has 0 spiro atoms. The summed E-state index contributed by atoms with van der Waals surface area (Å²) in [6.45, 7) is 3.88. The minimum absolute atomic E-state index is 0.0140. The Kier molecular flexibility index (Phi) is 4.29. The van der Waals surface area contributed by atoms with Gasteiger partial charge in [-0.2, -0.15) is 0 Å². The second-order valence-electron chi connectivity index (χ2n) is 4.01. The smallest absolute Gasteiger partial charge is 0.354 e. The Balaban J connectivity index is 2.83. The molecule has 0 amide bonds. The van der Waals surface area contributed by atoms with Crippen molar-refractivity contribution in [3.8, 4) is 5.75 Å². The summed E-state index contributed by atoms with van der Waals surface area (Å²) in [5.74, 6) is 0.239. The molecule has 0 saturated heterocycles. The van der Waals surface area contributed by atoms with E-state index in [1.54, 1.807) is 0 Å². The van der Waals surface area contributed by atoms with Gasteiger partial charge in [-0.15, -0.1) is 0 Å². The van der Waals surface area contributed by atoms with Crippen LogP contribution < -0.4 is 5.63 Å². The summed E-state index contributed by atoms with van der Waals surface area (Å²) >= 11 is 2.88. The van der Waals surface area contributed by atoms with Crippen molar-refractivity contribution in [3.05, 3.63) is 26.7 Å². The molecule has 16 heavy (non-hydrogen) atoms. The van der Waals surface area contributed by atoms with E-state index >= 15 is 0 Å². The van der Waals surface area contributed by atoms with Crippen molar-refractivity contribution in [2.75, 3.05) is 0 Å². The molecule has 1 heterocycles. The van der Waals surface area contributed by atoms with Crippen LogP contribution in [0.25, 0.3) is 0 Å². The monoisotopic (exact) mass is 288 g/mol. The van der Waals surface area contributed by atoms with E-state index in [4.69, 9.17) is 4.42 Å². The molecule has 0 unspecified atom stereocenters. The summed E-state index contributed by atoms with van der Waals surface area (Å²) in [6.07, 6.45) is 0.467. The summed E-state index contributed by atoms with van der Waals surface area (Å²) in [5.41, 5.74) is -0.674. The predicted octanol–water partition coefficient (Wildman–Crippen LogP) is 2.27. The summed E-state index contributed by atoms with van der Waals surface area (Å²) < 4.78 is 4.84. The van der Waals surface area contributed by atoms with Crippen LogP contribution in [0.5, 0.6) is 5.75 Å². The van der Waals surface area contributed by atoms with E-state index < -0.39 is 5.63 Å². The maximum atomic E-state index is 11.5. The molecule has 0 aliphatic carbocycles. The zero-order valence-corrected chi connectivity index (χ0v) is 10.7. The zero-order chi connectivity index (χ0) is 12.3. The Morgan fingerprint density at radius 1 is 1.56 bits per heavy atom. The van der Waals surface area contributed by atoms with E-state index in [1.165, 1.54) is 6.07 Å². The summed E-state index contributed by atoms with van der Waals surface area (Å²) in [5, 5.41) is 9.36. The summed E-state index contributed by atoms with van der Waals surface area (Å²) in [6, 6.07) is 1.28. The molecule has 0 aromatic carbocycles. The highest BCUT2D eigenvalue weighted by molar-refractivity contribution is 9.10. The SMILES string of the molecule is CC(C)CC(=O)Cc1cc(O)c(Br)c(=O)o1. The van der Waals surface area contributed by atoms with Gasteiger partial charge in [0.25, 0.3) is 0 Å². The minimum atomic E-state index is -0.674. The van der Waals surface area contributed by atoms with Gasteiger partial charge in [0.2, 0.25) is 0 Å². The van der Waals surface area contributed by atoms with Gasteiger partial charge >= 0.3 is 5.63 Å². The van der Waals surface area contributed by atoms with Crippen molar-refractivity contribution in [3.63, 3.8) is 0 Å². The van der Waals surface area contributed by atoms with E-state index in [1.807, 2.05) is 13.8 Å². The minimum Gasteiger partial charge on any atom is -0.506 e. The molecule has 0 aliphatic rings. The van der Waals surface area contributed by atoms with E-state index in [2.05, 4.69) is 15.9 Å². The van der Waals surface area contributed by atoms with Crippen LogP contribution in [0.15, 0.2) is 19.8 Å². The Morgan fingerprint density at radius 3 is 2.69 bits per heavy atom. The second-order valence-corrected chi connectivity index (χ2v) is 4.81. The Labute approximate surface area is 101 Å². The molecule has 0 atom stereocenters. The molecule has 88 valence electrons. The second kappa shape index (κ2) is 5.30. The highest BCUT2D eigenvalue weighted by Crippen LogP contribution is 2.20. The van der Waals surface area contributed by atoms with E-state index in [9.17, 15) is 14.7 Å². The van der Waals surface area contributed by atoms with E-state index in [0.29, 0.717) is 6.42 Å². The molecular weight excluding hydrogens is 276 g/mol. The van der Waals surface area contributed by atoms with Crippen LogP contribution in [-0.4, -0.2) is 10.9 Å². The van der Waals surface area contributed by atoms with Crippen molar-refractivity contribution >= 4 is 21.7 Å². The maximum Gasteiger partial charge on any atom is 0.354 e. The standard InChI is InChI=1S/C11H13BrO4/c1-6(2)3-7(13)4-8-5-9(14)10(12)11(15)16-8/h5-6,14H,3-4H2,1-2H3. The number of carbonyl (C=O) groups is 1. The van der Waals surface area contributed by atoms with Gasteiger partial charge in [0.05, 0.1) is 6.42 Å². The van der Waals surface area contributed by atoms with Gasteiger partial charge in [-0.3, -0.25) is 4.79 Å². The molecule has 1 N–H and O–H groups in total. The Morgan fingerprint density at radius 2 is 2.19 bits per heavy atom. The number of Topliss-reactive ketones (excluding diaryl/α,β-unsaturated/α-hetero) is 1. The van der Waals surface area contributed by atoms with Crippen molar-refractivity contribution < 1.29 is 14.3 Å². The molecular formula is C11H13BrO4. The molecule has 5 heteroatoms. The van der Waals surface area contributed by atoms with Crippen LogP contribution in [0.2, 0.25) is 0 Å². The molecule has 0 bridgehead atoms. The molecule has 0 saturated carbocycles. The first-order valence-corrected chi connectivity index (χ1v) is 5.72. The number of hydrogen-bond donors (Lipinski definition) is 1. The van der Waals surface area contributed by atoms with Gasteiger partial charge in [-0.05, 0) is 21.8 Å². The number of rotatable bonds is 4. The van der Waals surface area contributed by atoms with Crippen molar-refractivity contribution in [2.24, 2.45) is 5.92 Å². The zero-order valence-electron chi connectivity index (χ0n) is 9.12. The van der Waals surface area contributed by atoms with Crippen LogP contribution in [0, 0.1) is 5.92 Å². The normalized spacial score (nSPS) is 10.8. The lowest BCUT2D eigenvalue weighted by atomic mass is 10.0. The topological polar surface area (TPSA) is 67.5 Å². The average Bonchev–Trinajstić information content (AvgIpc) is 2.12. The summed E-state index contributed by atoms with van der Waals surface area (Å²) in [4.78, 5) is 22.7. The van der Waals surface area contributed by atoms with Crippen molar-refractivity contribution in [1.82, 2.24) is 0 Å². The first-order chi connectivity index (χ1) is 7.40. The predicted molar refractivity (Wildman–Crippen MR) is 62.5 cm³/mol. The number of aromatic hydroxyl groups is 1. The van der Waals surface area contributed by atoms with Gasteiger partial charge in [-0.1, -0.05) is 13.8 Å². The van der Waals surface area contributed by atoms with Crippen LogP contribution >= 0.6 is 15.9 Å². The van der Waals surface area contributed by atoms with Crippen LogP contribution in [0.3, 0.4) is 0 Å². The molecule has 0 aliphatic heterocycles. The lowest BCUT2D eigenvalue weighted by Gasteiger charge is -2.04. The summed E-state index contributed by atoms with van der Waals surface area (Å²) in [7, 11) is 0. The lowest BCUT2D eigenvalue weighted by molar-refractivity contribution is -0.119. The van der Waals surface area contributed by atoms with Crippen LogP contribution in [-0.2, 0) is 11.2 Å². The van der Waals surface area contributed by atoms with Gasteiger partial charge in [0, 0.05) is 12.5 Å².